The molecule has 0 saturated carbocycles. The van der Waals surface area contributed by atoms with Crippen LogP contribution >= 0.6 is 11.6 Å². The van der Waals surface area contributed by atoms with Crippen molar-refractivity contribution in [2.24, 2.45) is 0 Å². The molecule has 1 aliphatic heterocycles. The molecular weight excluding hydrogens is 432 g/mol. The molecule has 32 heavy (non-hydrogen) atoms. The van der Waals surface area contributed by atoms with Crippen LogP contribution in [0.4, 0.5) is 11.5 Å². The fraction of sp³-hybridized carbons (Fsp3) is 0.261. The Hall–Kier alpha value is -3.36. The fourth-order valence-corrected chi connectivity index (χ4v) is 3.90. The Morgan fingerprint density at radius 3 is 2.66 bits per heavy atom. The lowest BCUT2D eigenvalue weighted by atomic mass is 10.0. The number of nitrogens with zero attached hydrogens (tertiary/aromatic N) is 2. The van der Waals surface area contributed by atoms with Crippen molar-refractivity contribution < 1.29 is 19.1 Å². The first-order valence-corrected chi connectivity index (χ1v) is 10.4. The SMILES string of the molecule is COCc1nn2c(c1-c1ccc(C)cc1)NC(=O)C2CC(=O)Nc1cc(Cl)ccc1OC. The number of hydrogen-bond acceptors (Lipinski definition) is 5. The third-order valence-electron chi connectivity index (χ3n) is 5.26. The van der Waals surface area contributed by atoms with Crippen LogP contribution in [0.5, 0.6) is 5.75 Å². The second-order valence-corrected chi connectivity index (χ2v) is 7.95. The summed E-state index contributed by atoms with van der Waals surface area (Å²) in [6.07, 6.45) is -0.101. The number of ether oxygens (including phenoxy) is 2. The summed E-state index contributed by atoms with van der Waals surface area (Å²) in [5, 5.41) is 10.7. The maximum absolute atomic E-state index is 12.8. The number of benzene rings is 2. The van der Waals surface area contributed by atoms with Crippen LogP contribution in [-0.4, -0.2) is 35.8 Å². The number of amides is 2. The minimum atomic E-state index is -0.787. The summed E-state index contributed by atoms with van der Waals surface area (Å²) in [5.41, 5.74) is 3.95. The van der Waals surface area contributed by atoms with E-state index in [9.17, 15) is 9.59 Å². The van der Waals surface area contributed by atoms with E-state index in [0.717, 1.165) is 16.7 Å². The monoisotopic (exact) mass is 454 g/mol. The number of aromatic nitrogens is 2. The van der Waals surface area contributed by atoms with E-state index in [2.05, 4.69) is 15.7 Å². The Morgan fingerprint density at radius 2 is 1.97 bits per heavy atom. The lowest BCUT2D eigenvalue weighted by Gasteiger charge is -2.13. The summed E-state index contributed by atoms with van der Waals surface area (Å²) in [5.74, 6) is 0.378. The summed E-state index contributed by atoms with van der Waals surface area (Å²) >= 11 is 6.04. The second-order valence-electron chi connectivity index (χ2n) is 7.52. The molecule has 0 radical (unpaired) electrons. The van der Waals surface area contributed by atoms with Gasteiger partial charge in [-0.15, -0.1) is 0 Å². The predicted molar refractivity (Wildman–Crippen MR) is 122 cm³/mol. The molecular formula is C23H23ClN4O4. The third-order valence-corrected chi connectivity index (χ3v) is 5.49. The topological polar surface area (TPSA) is 94.5 Å². The lowest BCUT2D eigenvalue weighted by molar-refractivity contribution is -0.123. The van der Waals surface area contributed by atoms with Crippen molar-refractivity contribution in [3.63, 3.8) is 0 Å². The van der Waals surface area contributed by atoms with Crippen molar-refractivity contribution in [1.82, 2.24) is 9.78 Å². The Bertz CT molecular complexity index is 1170. The zero-order valence-electron chi connectivity index (χ0n) is 17.9. The van der Waals surface area contributed by atoms with Gasteiger partial charge in [0, 0.05) is 17.7 Å². The molecule has 9 heteroatoms. The molecule has 1 atom stereocenters. The van der Waals surface area contributed by atoms with Crippen LogP contribution in [0.25, 0.3) is 11.1 Å². The second kappa shape index (κ2) is 9.02. The summed E-state index contributed by atoms with van der Waals surface area (Å²) in [6, 6.07) is 12.1. The Balaban J connectivity index is 1.62. The number of carbonyl (C=O) groups is 2. The van der Waals surface area contributed by atoms with Crippen LogP contribution in [0, 0.1) is 6.92 Å². The van der Waals surface area contributed by atoms with Crippen molar-refractivity contribution in [3.05, 3.63) is 58.7 Å². The molecule has 0 spiro atoms. The molecule has 4 rings (SSSR count). The van der Waals surface area contributed by atoms with Gasteiger partial charge in [0.25, 0.3) is 5.91 Å². The Labute approximate surface area is 190 Å². The number of halogens is 1. The number of hydrogen-bond donors (Lipinski definition) is 2. The molecule has 2 heterocycles. The van der Waals surface area contributed by atoms with Gasteiger partial charge in [0.1, 0.15) is 17.6 Å². The van der Waals surface area contributed by atoms with E-state index in [1.54, 1.807) is 30.0 Å². The van der Waals surface area contributed by atoms with Gasteiger partial charge in [0.2, 0.25) is 5.91 Å². The number of anilines is 2. The van der Waals surface area contributed by atoms with Crippen LogP contribution in [0.1, 0.15) is 23.7 Å². The van der Waals surface area contributed by atoms with E-state index >= 15 is 0 Å². The first-order valence-electron chi connectivity index (χ1n) is 10.0. The highest BCUT2D eigenvalue weighted by Crippen LogP contribution is 2.39. The number of methoxy groups -OCH3 is 2. The first kappa shape index (κ1) is 21.9. The highest BCUT2D eigenvalue weighted by atomic mass is 35.5. The minimum absolute atomic E-state index is 0.101. The van der Waals surface area contributed by atoms with Crippen molar-refractivity contribution in [2.45, 2.75) is 26.0 Å². The first-order chi connectivity index (χ1) is 15.4. The van der Waals surface area contributed by atoms with Gasteiger partial charge in [-0.05, 0) is 30.7 Å². The van der Waals surface area contributed by atoms with E-state index in [1.807, 2.05) is 31.2 Å². The van der Waals surface area contributed by atoms with Gasteiger partial charge in [0.05, 0.1) is 31.5 Å². The van der Waals surface area contributed by atoms with E-state index in [1.165, 1.54) is 7.11 Å². The maximum Gasteiger partial charge on any atom is 0.251 e. The van der Waals surface area contributed by atoms with Gasteiger partial charge in [-0.2, -0.15) is 5.10 Å². The zero-order valence-corrected chi connectivity index (χ0v) is 18.7. The predicted octanol–water partition coefficient (Wildman–Crippen LogP) is 4.19. The van der Waals surface area contributed by atoms with Gasteiger partial charge in [0.15, 0.2) is 0 Å². The van der Waals surface area contributed by atoms with Crippen LogP contribution in [0.3, 0.4) is 0 Å². The number of aryl methyl sites for hydroxylation is 1. The molecule has 3 aromatic rings. The van der Waals surface area contributed by atoms with Crippen molar-refractivity contribution in [3.8, 4) is 16.9 Å². The highest BCUT2D eigenvalue weighted by Gasteiger charge is 2.37. The van der Waals surface area contributed by atoms with E-state index < -0.39 is 6.04 Å². The molecule has 1 unspecified atom stereocenters. The Morgan fingerprint density at radius 1 is 1.22 bits per heavy atom. The quantitative estimate of drug-likeness (QED) is 0.558. The molecule has 1 aliphatic rings. The lowest BCUT2D eigenvalue weighted by Crippen LogP contribution is -2.24. The average Bonchev–Trinajstić information content (AvgIpc) is 3.24. The van der Waals surface area contributed by atoms with E-state index in [0.29, 0.717) is 28.0 Å². The normalized spacial score (nSPS) is 14.8. The zero-order chi connectivity index (χ0) is 22.8. The van der Waals surface area contributed by atoms with Crippen molar-refractivity contribution >= 4 is 34.9 Å². The van der Waals surface area contributed by atoms with Gasteiger partial charge in [-0.1, -0.05) is 41.4 Å². The van der Waals surface area contributed by atoms with E-state index in [-0.39, 0.29) is 24.8 Å². The Kier molecular flexibility index (Phi) is 6.16. The van der Waals surface area contributed by atoms with Gasteiger partial charge < -0.3 is 20.1 Å². The van der Waals surface area contributed by atoms with Crippen LogP contribution in [-0.2, 0) is 20.9 Å². The molecule has 166 valence electrons. The molecule has 2 amide bonds. The molecule has 8 nitrogen and oxygen atoms in total. The summed E-state index contributed by atoms with van der Waals surface area (Å²) in [4.78, 5) is 25.5. The van der Waals surface area contributed by atoms with Crippen LogP contribution < -0.4 is 15.4 Å². The van der Waals surface area contributed by atoms with Crippen molar-refractivity contribution in [1.29, 1.82) is 0 Å². The average molecular weight is 455 g/mol. The summed E-state index contributed by atoms with van der Waals surface area (Å²) in [7, 11) is 3.09. The highest BCUT2D eigenvalue weighted by molar-refractivity contribution is 6.31. The molecule has 2 aromatic carbocycles. The van der Waals surface area contributed by atoms with Crippen LogP contribution in [0.15, 0.2) is 42.5 Å². The fourth-order valence-electron chi connectivity index (χ4n) is 3.73. The third kappa shape index (κ3) is 4.19. The molecule has 0 bridgehead atoms. The molecule has 2 N–H and O–H groups in total. The summed E-state index contributed by atoms with van der Waals surface area (Å²) < 4.78 is 12.2. The molecule has 0 aliphatic carbocycles. The smallest absolute Gasteiger partial charge is 0.251 e. The largest absolute Gasteiger partial charge is 0.495 e. The van der Waals surface area contributed by atoms with Crippen molar-refractivity contribution in [2.75, 3.05) is 24.9 Å². The molecule has 1 aromatic heterocycles. The standard InChI is InChI=1S/C23H23ClN4O4/c1-13-4-6-14(7-5-13)21-17(12-31-2)27-28-18(23(30)26-22(21)28)11-20(29)25-16-10-15(24)8-9-19(16)32-3/h4-10,18H,11-12H2,1-3H3,(H,25,29)(H,26,30). The molecule has 0 fully saturated rings. The van der Waals surface area contributed by atoms with Gasteiger partial charge >= 0.3 is 0 Å². The number of nitrogens with one attached hydrogen (secondary N) is 2. The number of carbonyl (C=O) groups excluding carboxylic acids is 2. The maximum atomic E-state index is 12.8. The summed E-state index contributed by atoms with van der Waals surface area (Å²) in [6.45, 7) is 2.28. The number of fused-ring (bicyclic) bond motifs is 1. The number of rotatable bonds is 7. The van der Waals surface area contributed by atoms with Gasteiger partial charge in [-0.3, -0.25) is 9.59 Å². The van der Waals surface area contributed by atoms with Crippen LogP contribution in [0.2, 0.25) is 5.02 Å². The molecule has 0 saturated heterocycles. The van der Waals surface area contributed by atoms with E-state index in [4.69, 9.17) is 21.1 Å². The van der Waals surface area contributed by atoms with Gasteiger partial charge in [-0.25, -0.2) is 4.68 Å². The minimum Gasteiger partial charge on any atom is -0.495 e.